The van der Waals surface area contributed by atoms with E-state index in [0.717, 1.165) is 44.2 Å². The van der Waals surface area contributed by atoms with Crippen LogP contribution in [0.4, 0.5) is 0 Å². The third kappa shape index (κ3) is 3.63. The smallest absolute Gasteiger partial charge is 0.135 e. The van der Waals surface area contributed by atoms with Gasteiger partial charge in [-0.1, -0.05) is 71.8 Å². The zero-order valence-electron chi connectivity index (χ0n) is 17.8. The first-order valence-electron chi connectivity index (χ1n) is 10.6. The van der Waals surface area contributed by atoms with Gasteiger partial charge < -0.3 is 15.9 Å². The quantitative estimate of drug-likeness (QED) is 0.368. The molecule has 3 heteroatoms. The van der Waals surface area contributed by atoms with Crippen molar-refractivity contribution in [2.75, 3.05) is 0 Å². The van der Waals surface area contributed by atoms with Gasteiger partial charge in [0.15, 0.2) is 0 Å². The number of benzene rings is 4. The molecule has 5 aromatic rings. The van der Waals surface area contributed by atoms with Gasteiger partial charge in [-0.25, -0.2) is 0 Å². The first kappa shape index (κ1) is 19.6. The van der Waals surface area contributed by atoms with Crippen molar-refractivity contribution in [1.29, 1.82) is 0 Å². The lowest BCUT2D eigenvalue weighted by molar-refractivity contribution is 0.668. The minimum Gasteiger partial charge on any atom is -0.456 e. The predicted molar refractivity (Wildman–Crippen MR) is 128 cm³/mol. The minimum absolute atomic E-state index is 0.188. The van der Waals surface area contributed by atoms with Crippen LogP contribution < -0.4 is 11.5 Å². The zero-order chi connectivity index (χ0) is 21.5. The second-order valence-corrected chi connectivity index (χ2v) is 8.40. The normalized spacial score (nSPS) is 13.5. The summed E-state index contributed by atoms with van der Waals surface area (Å²) in [6, 6.07) is 28.8. The third-order valence-corrected chi connectivity index (χ3v) is 6.04. The van der Waals surface area contributed by atoms with E-state index in [9.17, 15) is 0 Å². The Bertz CT molecular complexity index is 1290. The van der Waals surface area contributed by atoms with E-state index >= 15 is 0 Å². The first-order valence-corrected chi connectivity index (χ1v) is 10.6. The largest absolute Gasteiger partial charge is 0.456 e. The average Bonchev–Trinajstić information content (AvgIpc) is 3.15. The second-order valence-electron chi connectivity index (χ2n) is 8.40. The number of hydrogen-bond acceptors (Lipinski definition) is 3. The summed E-state index contributed by atoms with van der Waals surface area (Å²) in [4.78, 5) is 0. The van der Waals surface area contributed by atoms with Gasteiger partial charge in [-0.15, -0.1) is 0 Å². The van der Waals surface area contributed by atoms with Gasteiger partial charge in [0.05, 0.1) is 12.1 Å². The van der Waals surface area contributed by atoms with E-state index in [1.807, 2.05) is 12.1 Å². The molecule has 0 aliphatic rings. The van der Waals surface area contributed by atoms with E-state index in [-0.39, 0.29) is 12.1 Å². The molecule has 0 aliphatic heterocycles. The number of rotatable bonds is 4. The van der Waals surface area contributed by atoms with Crippen LogP contribution in [0.25, 0.3) is 21.9 Å². The molecule has 0 saturated carbocycles. The van der Waals surface area contributed by atoms with Gasteiger partial charge in [-0.3, -0.25) is 0 Å². The van der Waals surface area contributed by atoms with Crippen molar-refractivity contribution in [3.05, 3.63) is 118 Å². The minimum atomic E-state index is -0.188. The van der Waals surface area contributed by atoms with Gasteiger partial charge in [0.1, 0.15) is 11.2 Å². The number of hydrogen-bond donors (Lipinski definition) is 2. The molecule has 4 N–H and O–H groups in total. The molecular formula is C28H26N2O. The maximum absolute atomic E-state index is 6.61. The van der Waals surface area contributed by atoms with Crippen LogP contribution in [0.15, 0.2) is 89.3 Å². The van der Waals surface area contributed by atoms with Crippen molar-refractivity contribution in [2.24, 2.45) is 11.5 Å². The highest BCUT2D eigenvalue weighted by molar-refractivity contribution is 6.05. The maximum Gasteiger partial charge on any atom is 0.135 e. The molecule has 1 unspecified atom stereocenters. The summed E-state index contributed by atoms with van der Waals surface area (Å²) >= 11 is 0. The molecule has 1 aromatic heterocycles. The van der Waals surface area contributed by atoms with Crippen LogP contribution in [0.5, 0.6) is 0 Å². The fourth-order valence-corrected chi connectivity index (χ4v) is 4.31. The fraction of sp³-hybridized carbons (Fsp3) is 0.143. The summed E-state index contributed by atoms with van der Waals surface area (Å²) in [7, 11) is 0. The van der Waals surface area contributed by atoms with Gasteiger partial charge in [0, 0.05) is 10.8 Å². The van der Waals surface area contributed by atoms with Crippen molar-refractivity contribution in [2.45, 2.75) is 25.9 Å². The number of aryl methyl sites for hydroxylation is 2. The molecule has 154 valence electrons. The number of fused-ring (bicyclic) bond motifs is 3. The topological polar surface area (TPSA) is 65.2 Å². The number of nitrogens with two attached hydrogens (primary N) is 2. The molecule has 3 nitrogen and oxygen atoms in total. The summed E-state index contributed by atoms with van der Waals surface area (Å²) in [6.45, 7) is 4.17. The van der Waals surface area contributed by atoms with E-state index in [1.54, 1.807) is 0 Å². The van der Waals surface area contributed by atoms with E-state index < -0.39 is 0 Å². The molecule has 0 saturated heterocycles. The lowest BCUT2D eigenvalue weighted by Gasteiger charge is -2.14. The third-order valence-electron chi connectivity index (χ3n) is 6.04. The van der Waals surface area contributed by atoms with Gasteiger partial charge in [0.2, 0.25) is 0 Å². The Balaban J connectivity index is 1.59. The lowest BCUT2D eigenvalue weighted by Crippen LogP contribution is -2.12. The van der Waals surface area contributed by atoms with Crippen LogP contribution >= 0.6 is 0 Å². The number of furan rings is 1. The molecule has 0 aliphatic carbocycles. The van der Waals surface area contributed by atoms with Crippen LogP contribution in [-0.2, 0) is 0 Å². The van der Waals surface area contributed by atoms with Crippen LogP contribution in [0.3, 0.4) is 0 Å². The standard InChI is InChI=1S/C28H26N2O/c1-17-5-3-7-19(13-17)27(29)21-9-11-25-23(15-21)24-16-22(10-12-26(24)31-25)28(30)20-8-4-6-18(2)14-20/h3-16,27-28H,29-30H2,1-2H3/t27-,28?/m1/s1. The van der Waals surface area contributed by atoms with E-state index in [0.29, 0.717) is 0 Å². The van der Waals surface area contributed by atoms with E-state index in [1.165, 1.54) is 11.1 Å². The summed E-state index contributed by atoms with van der Waals surface area (Å²) in [5, 5.41) is 2.13. The van der Waals surface area contributed by atoms with Crippen LogP contribution in [0.2, 0.25) is 0 Å². The Kier molecular flexibility index (Phi) is 4.85. The molecule has 1 heterocycles. The van der Waals surface area contributed by atoms with Crippen molar-refractivity contribution in [3.63, 3.8) is 0 Å². The van der Waals surface area contributed by atoms with Crippen molar-refractivity contribution < 1.29 is 4.42 Å². The van der Waals surface area contributed by atoms with Gasteiger partial charge >= 0.3 is 0 Å². The molecule has 0 bridgehead atoms. The summed E-state index contributed by atoms with van der Waals surface area (Å²) in [6.07, 6.45) is 0. The van der Waals surface area contributed by atoms with Crippen LogP contribution in [0, 0.1) is 13.8 Å². The Morgan fingerprint density at radius 3 is 1.39 bits per heavy atom. The predicted octanol–water partition coefficient (Wildman–Crippen LogP) is 6.30. The maximum atomic E-state index is 6.61. The Labute approximate surface area is 182 Å². The SMILES string of the molecule is Cc1cccc(C(N)c2ccc3oc4ccc([C@H](N)c5cccc(C)c5)cc4c3c2)c1. The Hall–Kier alpha value is -3.40. The highest BCUT2D eigenvalue weighted by atomic mass is 16.3. The Morgan fingerprint density at radius 2 is 0.968 bits per heavy atom. The second kappa shape index (κ2) is 7.69. The molecule has 5 rings (SSSR count). The molecule has 4 aromatic carbocycles. The molecule has 0 radical (unpaired) electrons. The summed E-state index contributed by atoms with van der Waals surface area (Å²) in [5.74, 6) is 0. The molecule has 0 spiro atoms. The van der Waals surface area contributed by atoms with Gasteiger partial charge in [-0.05, 0) is 60.4 Å². The van der Waals surface area contributed by atoms with Crippen molar-refractivity contribution >= 4 is 21.9 Å². The first-order chi connectivity index (χ1) is 15.0. The highest BCUT2D eigenvalue weighted by Gasteiger charge is 2.15. The molecular weight excluding hydrogens is 380 g/mol. The van der Waals surface area contributed by atoms with Gasteiger partial charge in [-0.2, -0.15) is 0 Å². The van der Waals surface area contributed by atoms with Crippen LogP contribution in [0.1, 0.15) is 45.5 Å². The van der Waals surface area contributed by atoms with E-state index in [2.05, 4.69) is 86.6 Å². The zero-order valence-corrected chi connectivity index (χ0v) is 17.8. The molecule has 0 amide bonds. The van der Waals surface area contributed by atoms with Crippen LogP contribution in [-0.4, -0.2) is 0 Å². The monoisotopic (exact) mass is 406 g/mol. The lowest BCUT2D eigenvalue weighted by atomic mass is 9.95. The van der Waals surface area contributed by atoms with Gasteiger partial charge in [0.25, 0.3) is 0 Å². The molecule has 2 atom stereocenters. The average molecular weight is 407 g/mol. The highest BCUT2D eigenvalue weighted by Crippen LogP contribution is 2.34. The molecule has 31 heavy (non-hydrogen) atoms. The fourth-order valence-electron chi connectivity index (χ4n) is 4.31. The summed E-state index contributed by atoms with van der Waals surface area (Å²) < 4.78 is 6.09. The van der Waals surface area contributed by atoms with Crippen molar-refractivity contribution in [3.8, 4) is 0 Å². The molecule has 0 fully saturated rings. The Morgan fingerprint density at radius 1 is 0.548 bits per heavy atom. The van der Waals surface area contributed by atoms with E-state index in [4.69, 9.17) is 15.9 Å². The van der Waals surface area contributed by atoms with Crippen molar-refractivity contribution in [1.82, 2.24) is 0 Å². The summed E-state index contributed by atoms with van der Waals surface area (Å²) in [5.41, 5.74) is 21.7.